The average Bonchev–Trinajstić information content (AvgIpc) is 2.48. The summed E-state index contributed by atoms with van der Waals surface area (Å²) in [5.74, 6) is -2.56. The number of hydrogen-bond donors (Lipinski definition) is 6. The molecule has 3 fully saturated rings. The first-order chi connectivity index (χ1) is 11.3. The van der Waals surface area contributed by atoms with Crippen LogP contribution in [0.4, 0.5) is 0 Å². The maximum absolute atomic E-state index is 12.4. The maximum Gasteiger partial charge on any atom is 0.279 e. The number of amides is 2. The Hall–Kier alpha value is -1.35. The molecule has 1 unspecified atom stereocenters. The molecule has 2 bridgehead atoms. The Morgan fingerprint density at radius 1 is 1.40 bits per heavy atom. The molecule has 12 nitrogen and oxygen atoms in total. The third-order valence-electron chi connectivity index (χ3n) is 4.05. The Kier molecular flexibility index (Phi) is 4.89. The molecule has 3 saturated heterocycles. The van der Waals surface area contributed by atoms with Crippen molar-refractivity contribution < 1.29 is 47.4 Å². The fourth-order valence-electron chi connectivity index (χ4n) is 2.63. The number of nitrogens with one attached hydrogen (secondary N) is 2. The van der Waals surface area contributed by atoms with Gasteiger partial charge in [-0.1, -0.05) is 0 Å². The molecule has 5 atom stereocenters. The highest BCUT2D eigenvalue weighted by Crippen LogP contribution is 2.32. The Balaban J connectivity index is 2.44. The van der Waals surface area contributed by atoms with E-state index in [9.17, 15) is 38.4 Å². The lowest BCUT2D eigenvalue weighted by Crippen LogP contribution is -2.84. The van der Waals surface area contributed by atoms with E-state index in [-0.39, 0.29) is 6.42 Å². The summed E-state index contributed by atoms with van der Waals surface area (Å²) in [7, 11) is -4.08. The van der Waals surface area contributed by atoms with Crippen molar-refractivity contribution in [3.8, 4) is 0 Å². The summed E-state index contributed by atoms with van der Waals surface area (Å²) in [6, 6.07) is 0. The Morgan fingerprint density at radius 3 is 2.52 bits per heavy atom. The van der Waals surface area contributed by atoms with E-state index < -0.39 is 64.4 Å². The van der Waals surface area contributed by atoms with E-state index in [1.165, 1.54) is 0 Å². The summed E-state index contributed by atoms with van der Waals surface area (Å²) >= 11 is 0. The Morgan fingerprint density at radius 2 is 2.00 bits per heavy atom. The van der Waals surface area contributed by atoms with Crippen LogP contribution in [0.3, 0.4) is 0 Å². The lowest BCUT2D eigenvalue weighted by atomic mass is 9.85. The van der Waals surface area contributed by atoms with Crippen molar-refractivity contribution in [2.45, 2.75) is 42.6 Å². The number of rotatable bonds is 5. The quantitative estimate of drug-likeness (QED) is 0.252. The fourth-order valence-corrected chi connectivity index (χ4v) is 3.29. The minimum atomic E-state index is -4.08. The van der Waals surface area contributed by atoms with E-state index in [0.717, 1.165) is 6.92 Å². The highest BCUT2D eigenvalue weighted by molar-refractivity contribution is 7.86. The van der Waals surface area contributed by atoms with Gasteiger partial charge in [-0.15, -0.1) is 0 Å². The lowest BCUT2D eigenvalue weighted by molar-refractivity contribution is -0.243. The van der Waals surface area contributed by atoms with Crippen LogP contribution in [0.2, 0.25) is 0 Å². The Labute approximate surface area is 142 Å². The zero-order chi connectivity index (χ0) is 19.3. The summed E-state index contributed by atoms with van der Waals surface area (Å²) in [5, 5.41) is 43.8. The normalized spacial score (nSPS) is 36.6. The molecule has 25 heavy (non-hydrogen) atoms. The van der Waals surface area contributed by atoms with Gasteiger partial charge in [0.25, 0.3) is 27.7 Å². The molecule has 0 aromatic carbocycles. The molecule has 144 valence electrons. The van der Waals surface area contributed by atoms with E-state index >= 15 is 0 Å². The smallest absolute Gasteiger partial charge is 0.279 e. The number of ether oxygens (including phenoxy) is 1. The minimum Gasteiger partial charge on any atom is -0.393 e. The van der Waals surface area contributed by atoms with E-state index in [0.29, 0.717) is 6.26 Å². The van der Waals surface area contributed by atoms with Crippen LogP contribution in [0, 0.1) is 0 Å². The van der Waals surface area contributed by atoms with Gasteiger partial charge < -0.3 is 35.8 Å². The van der Waals surface area contributed by atoms with Crippen LogP contribution >= 0.6 is 0 Å². The van der Waals surface area contributed by atoms with Gasteiger partial charge in [0.15, 0.2) is 0 Å². The van der Waals surface area contributed by atoms with Crippen molar-refractivity contribution in [3.63, 3.8) is 0 Å². The second-order valence-electron chi connectivity index (χ2n) is 6.25. The van der Waals surface area contributed by atoms with Gasteiger partial charge in [0.05, 0.1) is 19.5 Å². The van der Waals surface area contributed by atoms with Gasteiger partial charge in [0, 0.05) is 6.42 Å². The zero-order valence-electron chi connectivity index (χ0n) is 13.4. The van der Waals surface area contributed by atoms with Crippen molar-refractivity contribution in [3.05, 3.63) is 0 Å². The monoisotopic (exact) mass is 384 g/mol. The summed E-state index contributed by atoms with van der Waals surface area (Å²) in [5.41, 5.74) is -7.47. The number of piperazine rings is 1. The third-order valence-corrected chi connectivity index (χ3v) is 4.63. The zero-order valence-corrected chi connectivity index (χ0v) is 14.2. The lowest BCUT2D eigenvalue weighted by Gasteiger charge is -2.50. The van der Waals surface area contributed by atoms with Crippen molar-refractivity contribution in [2.75, 3.05) is 19.5 Å². The second-order valence-corrected chi connectivity index (χ2v) is 7.85. The topological polar surface area (TPSA) is 192 Å². The van der Waals surface area contributed by atoms with Gasteiger partial charge in [0.1, 0.15) is 17.8 Å². The SMILES string of the molecule is C[C@](O)(CO)[C@H](O)[C@@]12NC(=O)[C@@](O)(NC1=O)C(OS(C)(=O)=O)CCO2. The van der Waals surface area contributed by atoms with Crippen LogP contribution in [0.15, 0.2) is 0 Å². The first-order valence-electron chi connectivity index (χ1n) is 7.19. The van der Waals surface area contributed by atoms with Crippen LogP contribution < -0.4 is 10.6 Å². The Bertz CT molecular complexity index is 679. The molecular formula is C12H20N2O10S. The first kappa shape index (κ1) is 20.0. The van der Waals surface area contributed by atoms with Gasteiger partial charge >= 0.3 is 0 Å². The van der Waals surface area contributed by atoms with Crippen LogP contribution in [0.1, 0.15) is 13.3 Å². The molecule has 0 saturated carbocycles. The number of carbonyl (C=O) groups excluding carboxylic acids is 2. The maximum atomic E-state index is 12.4. The summed E-state index contributed by atoms with van der Waals surface area (Å²) in [6.07, 6.45) is -3.43. The van der Waals surface area contributed by atoms with Gasteiger partial charge in [-0.2, -0.15) is 8.42 Å². The minimum absolute atomic E-state index is 0.340. The van der Waals surface area contributed by atoms with E-state index in [4.69, 9.17) is 4.74 Å². The molecule has 3 aliphatic heterocycles. The molecule has 3 heterocycles. The summed E-state index contributed by atoms with van der Waals surface area (Å²) < 4.78 is 32.5. The number of carbonyl (C=O) groups is 2. The number of hydrogen-bond acceptors (Lipinski definition) is 10. The molecule has 3 rings (SSSR count). The molecule has 0 spiro atoms. The van der Waals surface area contributed by atoms with Gasteiger partial charge in [-0.3, -0.25) is 13.8 Å². The van der Waals surface area contributed by atoms with Crippen molar-refractivity contribution in [1.29, 1.82) is 0 Å². The van der Waals surface area contributed by atoms with E-state index in [1.807, 2.05) is 10.6 Å². The number of aliphatic hydroxyl groups excluding tert-OH is 2. The van der Waals surface area contributed by atoms with Gasteiger partial charge in [-0.25, -0.2) is 0 Å². The summed E-state index contributed by atoms with van der Waals surface area (Å²) in [4.78, 5) is 24.8. The predicted molar refractivity (Wildman–Crippen MR) is 78.0 cm³/mol. The van der Waals surface area contributed by atoms with Crippen molar-refractivity contribution in [1.82, 2.24) is 10.6 Å². The highest BCUT2D eigenvalue weighted by Gasteiger charge is 2.65. The fraction of sp³-hybridized carbons (Fsp3) is 0.833. The summed E-state index contributed by atoms with van der Waals surface area (Å²) in [6.45, 7) is -0.383. The van der Waals surface area contributed by atoms with Gasteiger partial charge in [-0.05, 0) is 6.92 Å². The van der Waals surface area contributed by atoms with Crippen LogP contribution in [-0.2, 0) is 28.6 Å². The number of aliphatic hydroxyl groups is 4. The second kappa shape index (κ2) is 6.12. The van der Waals surface area contributed by atoms with Crippen LogP contribution in [0.25, 0.3) is 0 Å². The largest absolute Gasteiger partial charge is 0.393 e. The molecule has 2 amide bonds. The standard InChI is InChI=1S/C12H20N2O10S/c1-10(19,5-15)7(16)12-9(18)13-11(20,8(17)14-12)6(3-4-23-12)24-25(2,21)22/h6-7,15-16,19-20H,3-5H2,1-2H3,(H,13,18)(H,14,17)/t6?,7-,10-,11+,12-/m0/s1. The molecule has 0 aliphatic carbocycles. The predicted octanol–water partition coefficient (Wildman–Crippen LogP) is -4.51. The molecular weight excluding hydrogens is 364 g/mol. The molecule has 13 heteroatoms. The number of fused-ring (bicyclic) bond motifs is 5. The van der Waals surface area contributed by atoms with Crippen LogP contribution in [-0.4, -0.2) is 89.4 Å². The molecule has 0 radical (unpaired) electrons. The van der Waals surface area contributed by atoms with Crippen molar-refractivity contribution >= 4 is 21.9 Å². The highest BCUT2D eigenvalue weighted by atomic mass is 32.2. The first-order valence-corrected chi connectivity index (χ1v) is 9.01. The molecule has 0 aromatic rings. The third kappa shape index (κ3) is 3.36. The molecule has 6 N–H and O–H groups in total. The molecule has 3 aliphatic rings. The van der Waals surface area contributed by atoms with Crippen LogP contribution in [0.5, 0.6) is 0 Å². The van der Waals surface area contributed by atoms with Gasteiger partial charge in [0.2, 0.25) is 5.72 Å². The average molecular weight is 384 g/mol. The van der Waals surface area contributed by atoms with E-state index in [2.05, 4.69) is 4.18 Å². The van der Waals surface area contributed by atoms with E-state index in [1.54, 1.807) is 0 Å². The molecule has 0 aromatic heterocycles. The van der Waals surface area contributed by atoms with Crippen molar-refractivity contribution in [2.24, 2.45) is 0 Å².